The number of nitrogens with two attached hydrogens (primary N) is 2. The number of nitrogens with zero attached hydrogens (tertiary/aromatic N) is 2. The number of aliphatic imine (C=N–C) groups is 1. The van der Waals surface area contributed by atoms with Gasteiger partial charge in [-0.1, -0.05) is 6.07 Å². The molecular formula is C13H11BrF2N4. The Morgan fingerprint density at radius 2 is 2.00 bits per heavy atom. The molecule has 0 radical (unpaired) electrons. The number of halogens is 3. The average Bonchev–Trinajstić information content (AvgIpc) is 2.42. The quantitative estimate of drug-likeness (QED) is 0.665. The van der Waals surface area contributed by atoms with E-state index in [1.54, 1.807) is 12.3 Å². The average molecular weight is 341 g/mol. The number of rotatable bonds is 3. The van der Waals surface area contributed by atoms with Crippen LogP contribution in [0, 0.1) is 11.6 Å². The molecule has 0 fully saturated rings. The Hall–Kier alpha value is -2.02. The van der Waals surface area contributed by atoms with E-state index in [0.29, 0.717) is 15.6 Å². The highest BCUT2D eigenvalue weighted by Crippen LogP contribution is 2.16. The van der Waals surface area contributed by atoms with Gasteiger partial charge < -0.3 is 11.5 Å². The summed E-state index contributed by atoms with van der Waals surface area (Å²) in [5.74, 6) is -1.38. The molecule has 4 nitrogen and oxygen atoms in total. The fraction of sp³-hybridized carbons (Fsp3) is 0.0769. The number of pyridine rings is 1. The van der Waals surface area contributed by atoms with E-state index in [9.17, 15) is 8.78 Å². The van der Waals surface area contributed by atoms with Crippen LogP contribution >= 0.6 is 15.9 Å². The monoisotopic (exact) mass is 340 g/mol. The van der Waals surface area contributed by atoms with Gasteiger partial charge >= 0.3 is 0 Å². The number of hydrogen-bond donors (Lipinski definition) is 2. The highest BCUT2D eigenvalue weighted by molar-refractivity contribution is 9.10. The minimum Gasteiger partial charge on any atom is -0.383 e. The first-order valence-electron chi connectivity index (χ1n) is 5.62. The largest absolute Gasteiger partial charge is 0.383 e. The first-order valence-corrected chi connectivity index (χ1v) is 6.42. The van der Waals surface area contributed by atoms with E-state index >= 15 is 0 Å². The Morgan fingerprint density at radius 3 is 2.70 bits per heavy atom. The fourth-order valence-electron chi connectivity index (χ4n) is 1.55. The summed E-state index contributed by atoms with van der Waals surface area (Å²) >= 11 is 3.26. The van der Waals surface area contributed by atoms with Gasteiger partial charge in [-0.3, -0.25) is 4.99 Å². The highest BCUT2D eigenvalue weighted by Gasteiger charge is 2.07. The summed E-state index contributed by atoms with van der Waals surface area (Å²) in [4.78, 5) is 8.04. The van der Waals surface area contributed by atoms with Crippen LogP contribution in [0.25, 0.3) is 0 Å². The molecule has 104 valence electrons. The molecule has 0 aliphatic carbocycles. The van der Waals surface area contributed by atoms with Crippen molar-refractivity contribution < 1.29 is 8.78 Å². The number of benzene rings is 1. The number of nitrogen functional groups attached to an aromatic ring is 1. The van der Waals surface area contributed by atoms with Crippen molar-refractivity contribution in [2.45, 2.75) is 6.54 Å². The summed E-state index contributed by atoms with van der Waals surface area (Å²) in [5.41, 5.74) is 12.5. The molecule has 1 heterocycles. The summed E-state index contributed by atoms with van der Waals surface area (Å²) in [6.45, 7) is 0.120. The Kier molecular flexibility index (Phi) is 4.29. The van der Waals surface area contributed by atoms with Gasteiger partial charge in [0, 0.05) is 10.7 Å². The van der Waals surface area contributed by atoms with E-state index in [2.05, 4.69) is 25.9 Å². The third-order valence-electron chi connectivity index (χ3n) is 2.58. The Balaban J connectivity index is 2.22. The standard InChI is InChI=1S/C13H11BrF2N4/c14-8-4-9(13(18)20-6-8)12(17)19-5-7-1-2-10(15)11(16)3-7/h1-4,6H,5H2,(H2,17,19)(H2,18,20). The topological polar surface area (TPSA) is 77.3 Å². The number of amidine groups is 1. The van der Waals surface area contributed by atoms with Crippen molar-refractivity contribution in [3.8, 4) is 0 Å². The van der Waals surface area contributed by atoms with Gasteiger partial charge in [0.05, 0.1) is 12.1 Å². The van der Waals surface area contributed by atoms with Crippen molar-refractivity contribution in [1.82, 2.24) is 4.98 Å². The molecule has 0 aliphatic rings. The molecule has 1 aromatic heterocycles. The van der Waals surface area contributed by atoms with Gasteiger partial charge in [-0.15, -0.1) is 0 Å². The smallest absolute Gasteiger partial charge is 0.159 e. The van der Waals surface area contributed by atoms with Crippen LogP contribution in [-0.4, -0.2) is 10.8 Å². The Bertz CT molecular complexity index is 673. The summed E-state index contributed by atoms with van der Waals surface area (Å²) in [6, 6.07) is 5.25. The minimum atomic E-state index is -0.917. The molecular weight excluding hydrogens is 330 g/mol. The normalized spacial score (nSPS) is 11.7. The predicted octanol–water partition coefficient (Wildman–Crippen LogP) is 2.61. The maximum atomic E-state index is 13.1. The van der Waals surface area contributed by atoms with Crippen molar-refractivity contribution in [1.29, 1.82) is 0 Å². The van der Waals surface area contributed by atoms with E-state index in [1.807, 2.05) is 0 Å². The molecule has 20 heavy (non-hydrogen) atoms. The van der Waals surface area contributed by atoms with Crippen LogP contribution in [-0.2, 0) is 6.54 Å². The molecule has 0 unspecified atom stereocenters. The molecule has 7 heteroatoms. The maximum Gasteiger partial charge on any atom is 0.159 e. The van der Waals surface area contributed by atoms with Crippen LogP contribution in [0.4, 0.5) is 14.6 Å². The SMILES string of the molecule is NC(=NCc1ccc(F)c(F)c1)c1cc(Br)cnc1N. The molecule has 0 bridgehead atoms. The van der Waals surface area contributed by atoms with Crippen LogP contribution in [0.15, 0.2) is 39.9 Å². The zero-order valence-corrected chi connectivity index (χ0v) is 11.9. The molecule has 0 aliphatic heterocycles. The summed E-state index contributed by atoms with van der Waals surface area (Å²) in [7, 11) is 0. The van der Waals surface area contributed by atoms with E-state index in [1.165, 1.54) is 6.07 Å². The van der Waals surface area contributed by atoms with Crippen LogP contribution in [0.1, 0.15) is 11.1 Å². The second kappa shape index (κ2) is 5.96. The molecule has 4 N–H and O–H groups in total. The second-order valence-corrected chi connectivity index (χ2v) is 4.95. The number of aromatic nitrogens is 1. The van der Waals surface area contributed by atoms with Gasteiger partial charge in [-0.05, 0) is 39.7 Å². The van der Waals surface area contributed by atoms with Crippen molar-refractivity contribution in [3.05, 3.63) is 57.7 Å². The molecule has 0 amide bonds. The fourth-order valence-corrected chi connectivity index (χ4v) is 1.89. The van der Waals surface area contributed by atoms with Crippen LogP contribution in [0.3, 0.4) is 0 Å². The molecule has 2 rings (SSSR count). The van der Waals surface area contributed by atoms with Gasteiger partial charge in [0.2, 0.25) is 0 Å². The lowest BCUT2D eigenvalue weighted by molar-refractivity contribution is 0.507. The van der Waals surface area contributed by atoms with Gasteiger partial charge in [0.15, 0.2) is 11.6 Å². The van der Waals surface area contributed by atoms with Crippen molar-refractivity contribution >= 4 is 27.6 Å². The second-order valence-electron chi connectivity index (χ2n) is 4.04. The van der Waals surface area contributed by atoms with Gasteiger partial charge in [0.1, 0.15) is 11.7 Å². The highest BCUT2D eigenvalue weighted by atomic mass is 79.9. The third-order valence-corrected chi connectivity index (χ3v) is 3.01. The van der Waals surface area contributed by atoms with Crippen LogP contribution in [0.2, 0.25) is 0 Å². The summed E-state index contributed by atoms with van der Waals surface area (Å²) < 4.78 is 26.6. The predicted molar refractivity (Wildman–Crippen MR) is 77.1 cm³/mol. The molecule has 0 atom stereocenters. The lowest BCUT2D eigenvalue weighted by Crippen LogP contribution is -2.16. The van der Waals surface area contributed by atoms with Crippen LogP contribution in [0.5, 0.6) is 0 Å². The lowest BCUT2D eigenvalue weighted by Gasteiger charge is -2.05. The molecule has 2 aromatic rings. The number of anilines is 1. The zero-order valence-electron chi connectivity index (χ0n) is 10.3. The van der Waals surface area contributed by atoms with Crippen molar-refractivity contribution in [2.75, 3.05) is 5.73 Å². The van der Waals surface area contributed by atoms with Gasteiger partial charge in [-0.2, -0.15) is 0 Å². The summed E-state index contributed by atoms with van der Waals surface area (Å²) in [6.07, 6.45) is 1.54. The van der Waals surface area contributed by atoms with E-state index in [-0.39, 0.29) is 18.2 Å². The van der Waals surface area contributed by atoms with Crippen molar-refractivity contribution in [2.24, 2.45) is 10.7 Å². The lowest BCUT2D eigenvalue weighted by atomic mass is 10.2. The molecule has 0 saturated heterocycles. The van der Waals surface area contributed by atoms with Gasteiger partial charge in [-0.25, -0.2) is 13.8 Å². The first kappa shape index (κ1) is 14.4. The van der Waals surface area contributed by atoms with Crippen LogP contribution < -0.4 is 11.5 Å². The Morgan fingerprint density at radius 1 is 1.25 bits per heavy atom. The number of hydrogen-bond acceptors (Lipinski definition) is 3. The van der Waals surface area contributed by atoms with E-state index in [0.717, 1.165) is 12.1 Å². The summed E-state index contributed by atoms with van der Waals surface area (Å²) in [5, 5.41) is 0. The minimum absolute atomic E-state index is 0.120. The van der Waals surface area contributed by atoms with Crippen molar-refractivity contribution in [3.63, 3.8) is 0 Å². The third kappa shape index (κ3) is 3.30. The molecule has 0 spiro atoms. The Labute approximate surface area is 122 Å². The first-order chi connectivity index (χ1) is 9.47. The maximum absolute atomic E-state index is 13.1. The molecule has 0 saturated carbocycles. The van der Waals surface area contributed by atoms with Gasteiger partial charge in [0.25, 0.3) is 0 Å². The van der Waals surface area contributed by atoms with E-state index in [4.69, 9.17) is 11.5 Å². The van der Waals surface area contributed by atoms with E-state index < -0.39 is 11.6 Å². The zero-order chi connectivity index (χ0) is 14.7. The molecule has 1 aromatic carbocycles.